The molecule has 0 saturated heterocycles. The minimum absolute atomic E-state index is 0.228. The highest BCUT2D eigenvalue weighted by atomic mass is 16.2. The quantitative estimate of drug-likeness (QED) is 0.545. The highest BCUT2D eigenvalue weighted by Crippen LogP contribution is 2.15. The van der Waals surface area contributed by atoms with Crippen molar-refractivity contribution in [3.05, 3.63) is 86.1 Å². The number of hydrogen-bond donors (Lipinski definition) is 1. The summed E-state index contributed by atoms with van der Waals surface area (Å²) in [6.45, 7) is 7.72. The van der Waals surface area contributed by atoms with E-state index in [9.17, 15) is 9.59 Å². The summed E-state index contributed by atoms with van der Waals surface area (Å²) in [7, 11) is 5.93. The smallest absolute Gasteiger partial charge is 0.257 e. The summed E-state index contributed by atoms with van der Waals surface area (Å²) < 4.78 is 3.93. The molecule has 2 aromatic heterocycles. The van der Waals surface area contributed by atoms with Gasteiger partial charge in [0.05, 0.1) is 5.69 Å². The Balaban J connectivity index is 1.95. The van der Waals surface area contributed by atoms with Gasteiger partial charge in [0.2, 0.25) is 0 Å². The van der Waals surface area contributed by atoms with Crippen LogP contribution < -0.4 is 10.7 Å². The number of rotatable bonds is 9. The Morgan fingerprint density at radius 3 is 2.39 bits per heavy atom. The molecule has 1 amide bonds. The fraction of sp³-hybridized carbons (Fsp3) is 0.423. The molecule has 0 saturated carbocycles. The summed E-state index contributed by atoms with van der Waals surface area (Å²) >= 11 is 0. The van der Waals surface area contributed by atoms with Crippen LogP contribution >= 0.6 is 0 Å². The zero-order valence-corrected chi connectivity index (χ0v) is 20.6. The van der Waals surface area contributed by atoms with Gasteiger partial charge in [-0.25, -0.2) is 0 Å². The third kappa shape index (κ3) is 5.79. The Bertz CT molecular complexity index is 1180. The van der Waals surface area contributed by atoms with Gasteiger partial charge in [-0.2, -0.15) is 5.10 Å². The van der Waals surface area contributed by atoms with Crippen LogP contribution in [0.3, 0.4) is 0 Å². The predicted octanol–water partition coefficient (Wildman–Crippen LogP) is 2.78. The lowest BCUT2D eigenvalue weighted by Crippen LogP contribution is -2.34. The van der Waals surface area contributed by atoms with E-state index in [2.05, 4.69) is 32.0 Å². The summed E-state index contributed by atoms with van der Waals surface area (Å²) in [6, 6.07) is 11.7. The van der Waals surface area contributed by atoms with Crippen LogP contribution in [0.25, 0.3) is 0 Å². The number of pyridine rings is 1. The first-order chi connectivity index (χ1) is 15.7. The second kappa shape index (κ2) is 10.6. The molecule has 0 unspecified atom stereocenters. The molecule has 2 heterocycles. The van der Waals surface area contributed by atoms with Gasteiger partial charge < -0.3 is 14.8 Å². The Kier molecular flexibility index (Phi) is 7.87. The van der Waals surface area contributed by atoms with Crippen LogP contribution in [0.5, 0.6) is 0 Å². The Morgan fingerprint density at radius 2 is 1.79 bits per heavy atom. The molecule has 7 nitrogen and oxygen atoms in total. The number of amides is 1. The topological polar surface area (TPSA) is 72.2 Å². The zero-order valence-electron chi connectivity index (χ0n) is 20.6. The van der Waals surface area contributed by atoms with E-state index >= 15 is 0 Å². The molecule has 0 atom stereocenters. The van der Waals surface area contributed by atoms with Crippen LogP contribution in [0, 0.1) is 20.8 Å². The van der Waals surface area contributed by atoms with Crippen LogP contribution in [-0.4, -0.2) is 45.8 Å². The van der Waals surface area contributed by atoms with Crippen LogP contribution in [-0.2, 0) is 33.0 Å². The molecule has 7 heteroatoms. The minimum Gasteiger partial charge on any atom is -0.348 e. The van der Waals surface area contributed by atoms with Gasteiger partial charge in [0, 0.05) is 55.4 Å². The Morgan fingerprint density at radius 1 is 1.09 bits per heavy atom. The van der Waals surface area contributed by atoms with Crippen molar-refractivity contribution in [2.24, 2.45) is 7.05 Å². The number of aryl methyl sites for hydroxylation is 4. The van der Waals surface area contributed by atoms with Crippen LogP contribution in [0.1, 0.15) is 44.3 Å². The number of carbonyl (C=O) groups is 1. The van der Waals surface area contributed by atoms with Crippen molar-refractivity contribution >= 4 is 5.91 Å². The largest absolute Gasteiger partial charge is 0.348 e. The van der Waals surface area contributed by atoms with Gasteiger partial charge in [0.1, 0.15) is 5.56 Å². The molecule has 1 aromatic carbocycles. The number of hydrogen-bond acceptors (Lipinski definition) is 4. The van der Waals surface area contributed by atoms with Crippen LogP contribution in [0.2, 0.25) is 0 Å². The molecular weight excluding hydrogens is 414 g/mol. The maximum atomic E-state index is 13.3. The van der Waals surface area contributed by atoms with Gasteiger partial charge in [-0.1, -0.05) is 30.3 Å². The highest BCUT2D eigenvalue weighted by molar-refractivity contribution is 5.95. The normalized spacial score (nSPS) is 11.2. The molecule has 1 N–H and O–H groups in total. The Hall–Kier alpha value is -3.19. The molecule has 3 rings (SSSR count). The van der Waals surface area contributed by atoms with Gasteiger partial charge >= 0.3 is 0 Å². The lowest BCUT2D eigenvalue weighted by atomic mass is 10.0. The van der Waals surface area contributed by atoms with E-state index in [1.807, 2.05) is 64.8 Å². The number of likely N-dealkylation sites (N-methyl/N-ethyl adjacent to an activating group) is 1. The molecule has 0 spiro atoms. The molecule has 176 valence electrons. The number of benzene rings is 1. The first kappa shape index (κ1) is 24.5. The summed E-state index contributed by atoms with van der Waals surface area (Å²) in [5.74, 6) is -0.329. The maximum Gasteiger partial charge on any atom is 0.257 e. The van der Waals surface area contributed by atoms with Crippen LogP contribution in [0.15, 0.2) is 41.2 Å². The molecule has 0 aliphatic rings. The van der Waals surface area contributed by atoms with Gasteiger partial charge in [-0.15, -0.1) is 0 Å². The lowest BCUT2D eigenvalue weighted by molar-refractivity contribution is 0.0947. The van der Waals surface area contributed by atoms with Crippen molar-refractivity contribution < 1.29 is 4.79 Å². The monoisotopic (exact) mass is 449 g/mol. The van der Waals surface area contributed by atoms with E-state index in [1.165, 1.54) is 5.56 Å². The summed E-state index contributed by atoms with van der Waals surface area (Å²) in [4.78, 5) is 28.5. The summed E-state index contributed by atoms with van der Waals surface area (Å²) in [5, 5.41) is 7.41. The van der Waals surface area contributed by atoms with Crippen molar-refractivity contribution in [3.8, 4) is 0 Å². The number of nitrogens with zero attached hydrogens (tertiary/aromatic N) is 4. The van der Waals surface area contributed by atoms with E-state index in [0.717, 1.165) is 41.3 Å². The maximum absolute atomic E-state index is 13.3. The van der Waals surface area contributed by atoms with Crippen molar-refractivity contribution in [2.75, 3.05) is 20.6 Å². The first-order valence-corrected chi connectivity index (χ1v) is 11.4. The minimum atomic E-state index is -0.329. The van der Waals surface area contributed by atoms with Gasteiger partial charge in [-0.3, -0.25) is 14.3 Å². The number of aromatic nitrogens is 3. The second-order valence-corrected chi connectivity index (χ2v) is 8.87. The average Bonchev–Trinajstić information content (AvgIpc) is 3.01. The molecule has 0 fully saturated rings. The molecule has 0 bridgehead atoms. The molecule has 0 aliphatic heterocycles. The van der Waals surface area contributed by atoms with Crippen molar-refractivity contribution in [1.29, 1.82) is 0 Å². The summed E-state index contributed by atoms with van der Waals surface area (Å²) in [6.07, 6.45) is 1.37. The SMILES string of the molecule is Cc1nn(C)c(C)c1CNC(=O)c1c(CCc2ccccc2)n(CCN(C)C)c(C)cc1=O. The van der Waals surface area contributed by atoms with E-state index < -0.39 is 0 Å². The van der Waals surface area contributed by atoms with Gasteiger partial charge in [0.25, 0.3) is 5.91 Å². The molecular formula is C26H35N5O2. The summed E-state index contributed by atoms with van der Waals surface area (Å²) in [5.41, 5.74) is 5.73. The molecule has 0 aliphatic carbocycles. The predicted molar refractivity (Wildman–Crippen MR) is 132 cm³/mol. The average molecular weight is 450 g/mol. The van der Waals surface area contributed by atoms with E-state index in [1.54, 1.807) is 6.07 Å². The van der Waals surface area contributed by atoms with E-state index in [0.29, 0.717) is 19.5 Å². The van der Waals surface area contributed by atoms with E-state index in [4.69, 9.17) is 0 Å². The lowest BCUT2D eigenvalue weighted by Gasteiger charge is -2.22. The van der Waals surface area contributed by atoms with Gasteiger partial charge in [0.15, 0.2) is 5.43 Å². The number of nitrogens with one attached hydrogen (secondary N) is 1. The van der Waals surface area contributed by atoms with Crippen molar-refractivity contribution in [2.45, 2.75) is 46.7 Å². The van der Waals surface area contributed by atoms with Crippen molar-refractivity contribution in [3.63, 3.8) is 0 Å². The molecule has 3 aromatic rings. The zero-order chi connectivity index (χ0) is 24.1. The third-order valence-corrected chi connectivity index (χ3v) is 6.20. The van der Waals surface area contributed by atoms with E-state index in [-0.39, 0.29) is 16.9 Å². The fourth-order valence-corrected chi connectivity index (χ4v) is 4.18. The fourth-order valence-electron chi connectivity index (χ4n) is 4.18. The van der Waals surface area contributed by atoms with Gasteiger partial charge in [-0.05, 0) is 53.3 Å². The first-order valence-electron chi connectivity index (χ1n) is 11.4. The number of carbonyl (C=O) groups excluding carboxylic acids is 1. The Labute approximate surface area is 196 Å². The third-order valence-electron chi connectivity index (χ3n) is 6.20. The second-order valence-electron chi connectivity index (χ2n) is 8.87. The van der Waals surface area contributed by atoms with Crippen LogP contribution in [0.4, 0.5) is 0 Å². The highest BCUT2D eigenvalue weighted by Gasteiger charge is 2.21. The molecule has 33 heavy (non-hydrogen) atoms. The standard InChI is InChI=1S/C26H35N5O2/c1-18-16-24(32)25(26(33)27-17-22-19(2)28-30(6)20(22)3)23(31(18)15-14-29(4)5)13-12-21-10-8-7-9-11-21/h7-11,16H,12-15,17H2,1-6H3,(H,27,33). The molecule has 0 radical (unpaired) electrons. The van der Waals surface area contributed by atoms with Crippen molar-refractivity contribution in [1.82, 2.24) is 24.6 Å².